The van der Waals surface area contributed by atoms with Gasteiger partial charge in [0.05, 0.1) is 6.04 Å². The van der Waals surface area contributed by atoms with E-state index in [-0.39, 0.29) is 6.04 Å². The first-order valence-corrected chi connectivity index (χ1v) is 6.21. The third-order valence-corrected chi connectivity index (χ3v) is 2.44. The van der Waals surface area contributed by atoms with Crippen LogP contribution < -0.4 is 5.32 Å². The average Bonchev–Trinajstić information content (AvgIpc) is 2.24. The van der Waals surface area contributed by atoms with Gasteiger partial charge < -0.3 is 10.1 Å². The number of amides is 1. The Bertz CT molecular complexity index is 359. The van der Waals surface area contributed by atoms with Gasteiger partial charge in [0.2, 0.25) is 0 Å². The minimum atomic E-state index is -0.484. The van der Waals surface area contributed by atoms with Gasteiger partial charge in [0.1, 0.15) is 5.60 Å². The Balaban J connectivity index is 2.62. The number of carbonyl (C=O) groups excluding carboxylic acids is 1. The Morgan fingerprint density at radius 2 is 1.94 bits per heavy atom. The largest absolute Gasteiger partial charge is 0.444 e. The van der Waals surface area contributed by atoms with Gasteiger partial charge in [-0.1, -0.05) is 30.3 Å². The van der Waals surface area contributed by atoms with Crippen LogP contribution in [0.3, 0.4) is 0 Å². The van der Waals surface area contributed by atoms with Crippen molar-refractivity contribution in [2.45, 2.75) is 32.4 Å². The lowest BCUT2D eigenvalue weighted by molar-refractivity contribution is 0.0509. The van der Waals surface area contributed by atoms with Crippen molar-refractivity contribution >= 4 is 18.7 Å². The molecule has 0 saturated carbocycles. The number of carbonyl (C=O) groups is 1. The second-order valence-electron chi connectivity index (χ2n) is 4.79. The smallest absolute Gasteiger partial charge is 0.408 e. The molecule has 0 bridgehead atoms. The van der Waals surface area contributed by atoms with E-state index in [0.717, 1.165) is 5.56 Å². The molecule has 0 spiro atoms. The van der Waals surface area contributed by atoms with Crippen molar-refractivity contribution < 1.29 is 9.53 Å². The highest BCUT2D eigenvalue weighted by Gasteiger charge is 2.19. The number of thiol groups is 1. The topological polar surface area (TPSA) is 38.3 Å². The number of nitrogens with one attached hydrogen (secondary N) is 1. The summed E-state index contributed by atoms with van der Waals surface area (Å²) in [5.41, 5.74) is 0.537. The highest BCUT2D eigenvalue weighted by molar-refractivity contribution is 7.80. The minimum absolute atomic E-state index is 0.130. The number of alkyl carbamates (subject to hydrolysis) is 1. The molecule has 1 rings (SSSR count). The van der Waals surface area contributed by atoms with Crippen molar-refractivity contribution in [2.75, 3.05) is 5.75 Å². The van der Waals surface area contributed by atoms with Crippen LogP contribution in [-0.4, -0.2) is 17.4 Å². The lowest BCUT2D eigenvalue weighted by Crippen LogP contribution is -2.35. The van der Waals surface area contributed by atoms with Gasteiger partial charge in [-0.15, -0.1) is 0 Å². The van der Waals surface area contributed by atoms with Gasteiger partial charge in [-0.05, 0) is 26.3 Å². The van der Waals surface area contributed by atoms with E-state index in [1.165, 1.54) is 0 Å². The molecule has 4 heteroatoms. The van der Waals surface area contributed by atoms with Crippen molar-refractivity contribution in [3.8, 4) is 0 Å². The van der Waals surface area contributed by atoms with Crippen LogP contribution in [0.5, 0.6) is 0 Å². The van der Waals surface area contributed by atoms with Crippen molar-refractivity contribution in [1.82, 2.24) is 5.32 Å². The minimum Gasteiger partial charge on any atom is -0.444 e. The van der Waals surface area contributed by atoms with E-state index in [0.29, 0.717) is 5.75 Å². The van der Waals surface area contributed by atoms with Crippen molar-refractivity contribution in [2.24, 2.45) is 0 Å². The number of rotatable bonds is 3. The molecule has 0 heterocycles. The Labute approximate surface area is 108 Å². The molecule has 1 aromatic rings. The lowest BCUT2D eigenvalue weighted by atomic mass is 10.1. The third-order valence-electron chi connectivity index (χ3n) is 2.08. The Morgan fingerprint density at radius 3 is 2.41 bits per heavy atom. The fraction of sp³-hybridized carbons (Fsp3) is 0.462. The molecule has 3 nitrogen and oxygen atoms in total. The molecule has 0 fully saturated rings. The molecule has 0 unspecified atom stereocenters. The van der Waals surface area contributed by atoms with Crippen LogP contribution >= 0.6 is 12.6 Å². The van der Waals surface area contributed by atoms with Gasteiger partial charge in [-0.2, -0.15) is 12.6 Å². The molecule has 1 N–H and O–H groups in total. The van der Waals surface area contributed by atoms with Gasteiger partial charge >= 0.3 is 6.09 Å². The number of hydrogen-bond acceptors (Lipinski definition) is 3. The van der Waals surface area contributed by atoms with Crippen LogP contribution in [0.4, 0.5) is 4.79 Å². The van der Waals surface area contributed by atoms with Gasteiger partial charge in [0, 0.05) is 5.75 Å². The molecule has 1 amide bonds. The molecule has 94 valence electrons. The van der Waals surface area contributed by atoms with E-state index in [1.807, 2.05) is 51.1 Å². The first-order valence-electron chi connectivity index (χ1n) is 5.57. The van der Waals surface area contributed by atoms with Crippen molar-refractivity contribution in [1.29, 1.82) is 0 Å². The second kappa shape index (κ2) is 5.96. The van der Waals surface area contributed by atoms with Gasteiger partial charge in [0.25, 0.3) is 0 Å². The second-order valence-corrected chi connectivity index (χ2v) is 5.16. The fourth-order valence-corrected chi connectivity index (χ4v) is 1.67. The summed E-state index contributed by atoms with van der Waals surface area (Å²) in [5, 5.41) is 2.80. The highest BCUT2D eigenvalue weighted by Crippen LogP contribution is 2.15. The molecule has 1 atom stereocenters. The maximum absolute atomic E-state index is 11.6. The molecule has 1 aromatic carbocycles. The first kappa shape index (κ1) is 13.9. The van der Waals surface area contributed by atoms with E-state index in [9.17, 15) is 4.79 Å². The summed E-state index contributed by atoms with van der Waals surface area (Å²) in [5.74, 6) is 0.531. The average molecular weight is 253 g/mol. The summed E-state index contributed by atoms with van der Waals surface area (Å²) >= 11 is 4.24. The number of hydrogen-bond donors (Lipinski definition) is 2. The first-order chi connectivity index (χ1) is 7.92. The van der Waals surface area contributed by atoms with Gasteiger partial charge in [0.15, 0.2) is 0 Å². The quantitative estimate of drug-likeness (QED) is 0.812. The SMILES string of the molecule is CC(C)(C)OC(=O)N[C@@H](CS)c1ccccc1. The molecule has 0 saturated heterocycles. The molecule has 17 heavy (non-hydrogen) atoms. The van der Waals surface area contributed by atoms with Crippen molar-refractivity contribution in [3.63, 3.8) is 0 Å². The van der Waals surface area contributed by atoms with Crippen LogP contribution in [0.1, 0.15) is 32.4 Å². The Hall–Kier alpha value is -1.16. The molecule has 0 aromatic heterocycles. The third kappa shape index (κ3) is 5.13. The van der Waals surface area contributed by atoms with Crippen LogP contribution in [0.15, 0.2) is 30.3 Å². The summed E-state index contributed by atoms with van der Waals surface area (Å²) in [6.07, 6.45) is -0.416. The summed E-state index contributed by atoms with van der Waals surface area (Å²) in [4.78, 5) is 11.6. The summed E-state index contributed by atoms with van der Waals surface area (Å²) in [6.45, 7) is 5.51. The monoisotopic (exact) mass is 253 g/mol. The maximum Gasteiger partial charge on any atom is 0.408 e. The Morgan fingerprint density at radius 1 is 1.35 bits per heavy atom. The normalized spacial score (nSPS) is 12.9. The van der Waals surface area contributed by atoms with Crippen molar-refractivity contribution in [3.05, 3.63) is 35.9 Å². The summed E-state index contributed by atoms with van der Waals surface area (Å²) in [6, 6.07) is 9.59. The zero-order valence-corrected chi connectivity index (χ0v) is 11.3. The molecular formula is C13H19NO2S. The molecule has 0 aliphatic rings. The summed E-state index contributed by atoms with van der Waals surface area (Å²) in [7, 11) is 0. The highest BCUT2D eigenvalue weighted by atomic mass is 32.1. The molecule has 0 aliphatic heterocycles. The van der Waals surface area contributed by atoms with Crippen LogP contribution in [0, 0.1) is 0 Å². The van der Waals surface area contributed by atoms with E-state index < -0.39 is 11.7 Å². The molecule has 0 aliphatic carbocycles. The lowest BCUT2D eigenvalue weighted by Gasteiger charge is -2.23. The van der Waals surface area contributed by atoms with Crippen LogP contribution in [-0.2, 0) is 4.74 Å². The number of benzene rings is 1. The zero-order chi connectivity index (χ0) is 12.9. The van der Waals surface area contributed by atoms with E-state index in [2.05, 4.69) is 17.9 Å². The zero-order valence-electron chi connectivity index (χ0n) is 10.4. The van der Waals surface area contributed by atoms with E-state index in [4.69, 9.17) is 4.74 Å². The summed E-state index contributed by atoms with van der Waals surface area (Å²) < 4.78 is 5.21. The van der Waals surface area contributed by atoms with E-state index in [1.54, 1.807) is 0 Å². The van der Waals surface area contributed by atoms with Crippen LogP contribution in [0.2, 0.25) is 0 Å². The maximum atomic E-state index is 11.6. The van der Waals surface area contributed by atoms with Gasteiger partial charge in [-0.3, -0.25) is 0 Å². The predicted molar refractivity (Wildman–Crippen MR) is 72.4 cm³/mol. The van der Waals surface area contributed by atoms with Gasteiger partial charge in [-0.25, -0.2) is 4.79 Å². The Kier molecular flexibility index (Phi) is 4.87. The standard InChI is InChI=1S/C13H19NO2S/c1-13(2,3)16-12(15)14-11(9-17)10-7-5-4-6-8-10/h4-8,11,17H,9H2,1-3H3,(H,14,15)/t11-/m0/s1. The van der Waals surface area contributed by atoms with E-state index >= 15 is 0 Å². The van der Waals surface area contributed by atoms with Crippen LogP contribution in [0.25, 0.3) is 0 Å². The fourth-order valence-electron chi connectivity index (χ4n) is 1.37. The number of ether oxygens (including phenoxy) is 1. The molecule has 0 radical (unpaired) electrons. The molecular weight excluding hydrogens is 234 g/mol. The predicted octanol–water partition coefficient (Wildman–Crippen LogP) is 3.18.